The second kappa shape index (κ2) is 8.63. The number of anilines is 3. The first-order valence-electron chi connectivity index (χ1n) is 9.08. The van der Waals surface area contributed by atoms with Crippen LogP contribution >= 0.6 is 12.2 Å². The third-order valence-electron chi connectivity index (χ3n) is 4.44. The molecule has 0 saturated heterocycles. The fourth-order valence-electron chi connectivity index (χ4n) is 2.85. The first-order chi connectivity index (χ1) is 13.7. The lowest BCUT2D eigenvalue weighted by atomic mass is 10.1. The summed E-state index contributed by atoms with van der Waals surface area (Å²) < 4.78 is 27.9. The van der Waals surface area contributed by atoms with E-state index in [1.165, 1.54) is 5.56 Å². The van der Waals surface area contributed by atoms with E-state index in [2.05, 4.69) is 21.4 Å². The summed E-state index contributed by atoms with van der Waals surface area (Å²) in [6.45, 7) is 5.91. The highest BCUT2D eigenvalue weighted by Crippen LogP contribution is 2.21. The van der Waals surface area contributed by atoms with Crippen molar-refractivity contribution in [2.45, 2.75) is 25.7 Å². The third-order valence-corrected chi connectivity index (χ3v) is 6.03. The number of hydrogen-bond donors (Lipinski definition) is 3. The fraction of sp³-hybridized carbons (Fsp3) is 0.136. The van der Waals surface area contributed by atoms with Crippen molar-refractivity contribution >= 4 is 44.4 Å². The minimum atomic E-state index is -3.67. The second-order valence-electron chi connectivity index (χ2n) is 6.84. The van der Waals surface area contributed by atoms with Gasteiger partial charge in [0.2, 0.25) is 0 Å². The smallest absolute Gasteiger partial charge is 0.261 e. The molecule has 0 saturated carbocycles. The first-order valence-corrected chi connectivity index (χ1v) is 11.0. The summed E-state index contributed by atoms with van der Waals surface area (Å²) in [6, 6.07) is 19.8. The summed E-state index contributed by atoms with van der Waals surface area (Å²) in [7, 11) is -3.67. The minimum Gasteiger partial charge on any atom is -0.332 e. The molecule has 7 heteroatoms. The summed E-state index contributed by atoms with van der Waals surface area (Å²) in [5.74, 6) is 0. The van der Waals surface area contributed by atoms with Crippen LogP contribution in [0.25, 0.3) is 0 Å². The molecule has 3 rings (SSSR count). The van der Waals surface area contributed by atoms with Crippen LogP contribution < -0.4 is 15.4 Å². The van der Waals surface area contributed by atoms with Crippen molar-refractivity contribution in [2.75, 3.05) is 15.4 Å². The molecule has 3 aromatic rings. The summed E-state index contributed by atoms with van der Waals surface area (Å²) in [5.41, 5.74) is 5.32. The lowest BCUT2D eigenvalue weighted by Gasteiger charge is -2.14. The van der Waals surface area contributed by atoms with Crippen LogP contribution in [0.1, 0.15) is 16.7 Å². The van der Waals surface area contributed by atoms with Gasteiger partial charge < -0.3 is 10.6 Å². The molecule has 0 amide bonds. The predicted molar refractivity (Wildman–Crippen MR) is 124 cm³/mol. The molecule has 5 nitrogen and oxygen atoms in total. The number of benzene rings is 3. The third kappa shape index (κ3) is 5.34. The summed E-state index contributed by atoms with van der Waals surface area (Å²) >= 11 is 5.37. The Hall–Kier alpha value is -2.90. The van der Waals surface area contributed by atoms with Crippen LogP contribution in [0.3, 0.4) is 0 Å². The second-order valence-corrected chi connectivity index (χ2v) is 8.93. The van der Waals surface area contributed by atoms with Crippen molar-refractivity contribution in [1.82, 2.24) is 0 Å². The number of sulfonamides is 1. The van der Waals surface area contributed by atoms with Gasteiger partial charge in [0, 0.05) is 11.4 Å². The van der Waals surface area contributed by atoms with E-state index in [9.17, 15) is 8.42 Å². The highest BCUT2D eigenvalue weighted by atomic mass is 32.2. The van der Waals surface area contributed by atoms with Crippen LogP contribution in [0, 0.1) is 20.8 Å². The van der Waals surface area contributed by atoms with Gasteiger partial charge in [0.05, 0.1) is 10.6 Å². The highest BCUT2D eigenvalue weighted by Gasteiger charge is 2.15. The van der Waals surface area contributed by atoms with Crippen LogP contribution in [-0.2, 0) is 10.0 Å². The molecule has 0 spiro atoms. The Morgan fingerprint density at radius 2 is 1.48 bits per heavy atom. The average molecular weight is 426 g/mol. The fourth-order valence-corrected chi connectivity index (χ4v) is 4.21. The Morgan fingerprint density at radius 1 is 0.793 bits per heavy atom. The predicted octanol–water partition coefficient (Wildman–Crippen LogP) is 5.22. The molecule has 0 radical (unpaired) electrons. The maximum Gasteiger partial charge on any atom is 0.261 e. The molecule has 0 aromatic heterocycles. The standard InChI is InChI=1S/C22H23N3O2S2/c1-15-8-13-20(17(3)14-15)24-22(28)23-18-9-11-19(12-10-18)29(26,27)25-21-7-5-4-6-16(21)2/h4-14,25H,1-3H3,(H2,23,24,28). The van der Waals surface area contributed by atoms with Crippen LogP contribution in [0.5, 0.6) is 0 Å². The van der Waals surface area contributed by atoms with Gasteiger partial charge in [-0.3, -0.25) is 4.72 Å². The maximum absolute atomic E-state index is 12.6. The number of para-hydroxylation sites is 1. The van der Waals surface area contributed by atoms with Crippen LogP contribution in [-0.4, -0.2) is 13.5 Å². The van der Waals surface area contributed by atoms with E-state index in [1.54, 1.807) is 36.4 Å². The topological polar surface area (TPSA) is 70.2 Å². The molecule has 29 heavy (non-hydrogen) atoms. The maximum atomic E-state index is 12.6. The van der Waals surface area contributed by atoms with Gasteiger partial charge in [-0.2, -0.15) is 0 Å². The lowest BCUT2D eigenvalue weighted by molar-refractivity contribution is 0.601. The largest absolute Gasteiger partial charge is 0.332 e. The Balaban J connectivity index is 1.68. The number of nitrogens with one attached hydrogen (secondary N) is 3. The molecule has 0 fully saturated rings. The zero-order chi connectivity index (χ0) is 21.0. The van der Waals surface area contributed by atoms with Gasteiger partial charge in [-0.1, -0.05) is 35.9 Å². The summed E-state index contributed by atoms with van der Waals surface area (Å²) in [5, 5.41) is 6.67. The number of aryl methyl sites for hydroxylation is 3. The summed E-state index contributed by atoms with van der Waals surface area (Å²) in [6.07, 6.45) is 0. The van der Waals surface area contributed by atoms with Gasteiger partial charge in [-0.25, -0.2) is 8.42 Å². The van der Waals surface area contributed by atoms with E-state index in [4.69, 9.17) is 12.2 Å². The van der Waals surface area contributed by atoms with E-state index in [-0.39, 0.29) is 4.90 Å². The normalized spacial score (nSPS) is 11.0. The number of hydrogen-bond acceptors (Lipinski definition) is 3. The Kier molecular flexibility index (Phi) is 6.20. The zero-order valence-electron chi connectivity index (χ0n) is 16.5. The molecular formula is C22H23N3O2S2. The van der Waals surface area contributed by atoms with E-state index < -0.39 is 10.0 Å². The minimum absolute atomic E-state index is 0.180. The molecule has 0 atom stereocenters. The van der Waals surface area contributed by atoms with E-state index in [0.29, 0.717) is 16.5 Å². The van der Waals surface area contributed by atoms with Crippen molar-refractivity contribution in [3.63, 3.8) is 0 Å². The van der Waals surface area contributed by atoms with Gasteiger partial charge in [0.15, 0.2) is 5.11 Å². The Labute approximate surface area is 177 Å². The molecular weight excluding hydrogens is 402 g/mol. The molecule has 3 N–H and O–H groups in total. The Morgan fingerprint density at radius 3 is 2.14 bits per heavy atom. The van der Waals surface area contributed by atoms with Crippen molar-refractivity contribution in [3.8, 4) is 0 Å². The average Bonchev–Trinajstić information content (AvgIpc) is 2.66. The van der Waals surface area contributed by atoms with Crippen LogP contribution in [0.2, 0.25) is 0 Å². The van der Waals surface area contributed by atoms with Gasteiger partial charge in [0.25, 0.3) is 10.0 Å². The molecule has 0 heterocycles. The Bertz CT molecular complexity index is 1140. The lowest BCUT2D eigenvalue weighted by Crippen LogP contribution is -2.20. The van der Waals surface area contributed by atoms with Crippen molar-refractivity contribution in [3.05, 3.63) is 83.4 Å². The highest BCUT2D eigenvalue weighted by molar-refractivity contribution is 7.92. The van der Waals surface area contributed by atoms with Crippen molar-refractivity contribution < 1.29 is 8.42 Å². The molecule has 0 bridgehead atoms. The van der Waals surface area contributed by atoms with Gasteiger partial charge in [-0.15, -0.1) is 0 Å². The van der Waals surface area contributed by atoms with E-state index in [0.717, 1.165) is 16.8 Å². The van der Waals surface area contributed by atoms with Gasteiger partial charge in [-0.05, 0) is 80.5 Å². The number of rotatable bonds is 5. The monoisotopic (exact) mass is 425 g/mol. The van der Waals surface area contributed by atoms with Crippen LogP contribution in [0.15, 0.2) is 71.6 Å². The van der Waals surface area contributed by atoms with Gasteiger partial charge >= 0.3 is 0 Å². The SMILES string of the molecule is Cc1ccc(NC(=S)Nc2ccc(S(=O)(=O)Nc3ccccc3C)cc2)c(C)c1. The molecule has 0 aliphatic carbocycles. The molecule has 0 unspecified atom stereocenters. The summed E-state index contributed by atoms with van der Waals surface area (Å²) in [4.78, 5) is 0.180. The first kappa shape index (κ1) is 20.8. The molecule has 0 aliphatic rings. The molecule has 0 aliphatic heterocycles. The van der Waals surface area contributed by atoms with E-state index in [1.807, 2.05) is 45.0 Å². The number of thiocarbonyl (C=S) groups is 1. The van der Waals surface area contributed by atoms with E-state index >= 15 is 0 Å². The quantitative estimate of drug-likeness (QED) is 0.489. The molecule has 150 valence electrons. The van der Waals surface area contributed by atoms with Gasteiger partial charge in [0.1, 0.15) is 0 Å². The van der Waals surface area contributed by atoms with Crippen LogP contribution in [0.4, 0.5) is 17.1 Å². The molecule has 3 aromatic carbocycles. The van der Waals surface area contributed by atoms with Crippen molar-refractivity contribution in [1.29, 1.82) is 0 Å². The van der Waals surface area contributed by atoms with Crippen molar-refractivity contribution in [2.24, 2.45) is 0 Å². The zero-order valence-corrected chi connectivity index (χ0v) is 18.1.